The van der Waals surface area contributed by atoms with Crippen molar-refractivity contribution in [1.82, 2.24) is 25.5 Å². The molecule has 0 saturated carbocycles. The first-order valence-corrected chi connectivity index (χ1v) is 6.62. The smallest absolute Gasteiger partial charge is 0.176 e. The maximum absolute atomic E-state index is 6.10. The van der Waals surface area contributed by atoms with Crippen LogP contribution in [-0.2, 0) is 13.5 Å². The van der Waals surface area contributed by atoms with Crippen LogP contribution in [0.5, 0.6) is 0 Å². The van der Waals surface area contributed by atoms with Crippen molar-refractivity contribution in [2.45, 2.75) is 12.5 Å². The van der Waals surface area contributed by atoms with Gasteiger partial charge >= 0.3 is 0 Å². The molecule has 2 rings (SSSR count). The monoisotopic (exact) mass is 329 g/mol. The summed E-state index contributed by atoms with van der Waals surface area (Å²) in [6.07, 6.45) is 0.669. The molecule has 2 aromatic rings. The molecule has 1 unspecified atom stereocenters. The van der Waals surface area contributed by atoms with Crippen LogP contribution in [0.25, 0.3) is 0 Å². The van der Waals surface area contributed by atoms with Gasteiger partial charge in [-0.2, -0.15) is 4.80 Å². The van der Waals surface area contributed by atoms with Crippen molar-refractivity contribution in [3.8, 4) is 0 Å². The van der Waals surface area contributed by atoms with Crippen molar-refractivity contribution in [2.75, 3.05) is 7.05 Å². The van der Waals surface area contributed by atoms with Crippen molar-refractivity contribution in [3.05, 3.63) is 39.1 Å². The van der Waals surface area contributed by atoms with E-state index >= 15 is 0 Å². The van der Waals surface area contributed by atoms with Gasteiger partial charge in [0.2, 0.25) is 0 Å². The topological polar surface area (TPSA) is 55.6 Å². The maximum atomic E-state index is 6.10. The van der Waals surface area contributed by atoms with E-state index in [1.807, 2.05) is 25.2 Å². The zero-order valence-corrected chi connectivity index (χ0v) is 12.4. The maximum Gasteiger partial charge on any atom is 0.176 e. The molecule has 0 fully saturated rings. The predicted octanol–water partition coefficient (Wildman–Crippen LogP) is 2.13. The van der Waals surface area contributed by atoms with E-state index in [-0.39, 0.29) is 6.04 Å². The van der Waals surface area contributed by atoms with Gasteiger partial charge in [0.1, 0.15) is 0 Å². The van der Waals surface area contributed by atoms with Gasteiger partial charge in [0.15, 0.2) is 5.82 Å². The van der Waals surface area contributed by atoms with Crippen LogP contribution in [0.2, 0.25) is 5.02 Å². The number of rotatable bonds is 4. The highest BCUT2D eigenvalue weighted by molar-refractivity contribution is 9.10. The number of aromatic nitrogens is 4. The molecule has 1 aromatic carbocycles. The van der Waals surface area contributed by atoms with Crippen molar-refractivity contribution >= 4 is 27.5 Å². The Morgan fingerprint density at radius 3 is 2.83 bits per heavy atom. The van der Waals surface area contributed by atoms with Crippen molar-refractivity contribution in [3.63, 3.8) is 0 Å². The summed E-state index contributed by atoms with van der Waals surface area (Å²) >= 11 is 9.48. The van der Waals surface area contributed by atoms with E-state index in [0.29, 0.717) is 17.3 Å². The average Bonchev–Trinajstić information content (AvgIpc) is 2.75. The molecule has 1 heterocycles. The van der Waals surface area contributed by atoms with Crippen LogP contribution in [0.3, 0.4) is 0 Å². The van der Waals surface area contributed by atoms with Gasteiger partial charge < -0.3 is 5.32 Å². The average molecular weight is 331 g/mol. The lowest BCUT2D eigenvalue weighted by atomic mass is 10.0. The van der Waals surface area contributed by atoms with Gasteiger partial charge in [0.05, 0.1) is 12.1 Å². The lowest BCUT2D eigenvalue weighted by Crippen LogP contribution is -2.19. The molecule has 5 nitrogen and oxygen atoms in total. The number of halogens is 2. The van der Waals surface area contributed by atoms with Crippen LogP contribution in [-0.4, -0.2) is 27.3 Å². The number of benzene rings is 1. The Morgan fingerprint density at radius 2 is 2.28 bits per heavy atom. The largest absolute Gasteiger partial charge is 0.313 e. The number of hydrogen-bond acceptors (Lipinski definition) is 4. The Labute approximate surface area is 119 Å². The first-order chi connectivity index (χ1) is 8.60. The lowest BCUT2D eigenvalue weighted by Gasteiger charge is -2.15. The fourth-order valence-electron chi connectivity index (χ4n) is 1.70. The summed E-state index contributed by atoms with van der Waals surface area (Å²) in [7, 11) is 3.65. The Hall–Kier alpha value is -0.980. The fourth-order valence-corrected chi connectivity index (χ4v) is 2.14. The highest BCUT2D eigenvalue weighted by atomic mass is 79.9. The van der Waals surface area contributed by atoms with E-state index in [1.165, 1.54) is 4.80 Å². The minimum Gasteiger partial charge on any atom is -0.313 e. The summed E-state index contributed by atoms with van der Waals surface area (Å²) < 4.78 is 0.889. The summed E-state index contributed by atoms with van der Waals surface area (Å²) in [5.41, 5.74) is 1.10. The number of nitrogens with one attached hydrogen (secondary N) is 1. The zero-order chi connectivity index (χ0) is 13.1. The first-order valence-electron chi connectivity index (χ1n) is 5.45. The van der Waals surface area contributed by atoms with Crippen LogP contribution in [0.15, 0.2) is 22.7 Å². The molecule has 0 spiro atoms. The second-order valence-electron chi connectivity index (χ2n) is 3.91. The third-order valence-corrected chi connectivity index (χ3v) is 3.86. The van der Waals surface area contributed by atoms with Crippen LogP contribution < -0.4 is 5.32 Å². The summed E-state index contributed by atoms with van der Waals surface area (Å²) in [5, 5.41) is 15.9. The third-order valence-electron chi connectivity index (χ3n) is 2.63. The molecular weight excluding hydrogens is 318 g/mol. The van der Waals surface area contributed by atoms with Crippen molar-refractivity contribution in [2.24, 2.45) is 7.05 Å². The Morgan fingerprint density at radius 1 is 1.50 bits per heavy atom. The number of likely N-dealkylation sites (N-methyl/N-ethyl adjacent to an activating group) is 1. The van der Waals surface area contributed by atoms with E-state index in [4.69, 9.17) is 11.6 Å². The van der Waals surface area contributed by atoms with Crippen LogP contribution in [0.4, 0.5) is 0 Å². The van der Waals surface area contributed by atoms with E-state index < -0.39 is 0 Å². The summed E-state index contributed by atoms with van der Waals surface area (Å²) in [6.45, 7) is 0. The molecular formula is C11H13BrClN5. The Bertz CT molecular complexity index is 542. The van der Waals surface area contributed by atoms with E-state index in [9.17, 15) is 0 Å². The van der Waals surface area contributed by atoms with Gasteiger partial charge in [0, 0.05) is 16.9 Å². The normalized spacial score (nSPS) is 12.7. The van der Waals surface area contributed by atoms with Gasteiger partial charge in [-0.25, -0.2) is 0 Å². The molecule has 1 N–H and O–H groups in total. The highest BCUT2D eigenvalue weighted by Crippen LogP contribution is 2.26. The van der Waals surface area contributed by atoms with Crippen LogP contribution in [0, 0.1) is 0 Å². The third kappa shape index (κ3) is 3.07. The molecule has 96 valence electrons. The molecule has 0 radical (unpaired) electrons. The minimum atomic E-state index is 0.111. The van der Waals surface area contributed by atoms with E-state index in [0.717, 1.165) is 10.0 Å². The Kier molecular flexibility index (Phi) is 4.31. The second kappa shape index (κ2) is 5.77. The molecule has 7 heteroatoms. The molecule has 0 saturated heterocycles. The summed E-state index contributed by atoms with van der Waals surface area (Å²) in [6, 6.07) is 6.00. The highest BCUT2D eigenvalue weighted by Gasteiger charge is 2.14. The minimum absolute atomic E-state index is 0.111. The lowest BCUT2D eigenvalue weighted by molar-refractivity contribution is 0.570. The molecule has 0 aliphatic carbocycles. The SMILES string of the molecule is CNC(Cc1nnn(C)n1)c1ccc(Br)c(Cl)c1. The summed E-state index contributed by atoms with van der Waals surface area (Å²) in [5.74, 6) is 0.705. The van der Waals surface area contributed by atoms with Gasteiger partial charge in [0.25, 0.3) is 0 Å². The van der Waals surface area contributed by atoms with Crippen LogP contribution >= 0.6 is 27.5 Å². The quantitative estimate of drug-likeness (QED) is 0.933. The molecule has 18 heavy (non-hydrogen) atoms. The standard InChI is InChI=1S/C11H13BrClN5/c1-14-10(6-11-15-17-18(2)16-11)7-3-4-8(12)9(13)5-7/h3-5,10,14H,6H2,1-2H3. The van der Waals surface area contributed by atoms with E-state index in [1.54, 1.807) is 7.05 Å². The van der Waals surface area contributed by atoms with E-state index in [2.05, 4.69) is 36.7 Å². The predicted molar refractivity (Wildman–Crippen MR) is 73.5 cm³/mol. The van der Waals surface area contributed by atoms with Gasteiger partial charge in [-0.3, -0.25) is 0 Å². The number of aryl methyl sites for hydroxylation is 1. The molecule has 0 aliphatic rings. The van der Waals surface area contributed by atoms with Gasteiger partial charge in [-0.05, 0) is 45.9 Å². The van der Waals surface area contributed by atoms with Crippen LogP contribution in [0.1, 0.15) is 17.4 Å². The number of tetrazole rings is 1. The second-order valence-corrected chi connectivity index (χ2v) is 5.18. The van der Waals surface area contributed by atoms with Gasteiger partial charge in [-0.1, -0.05) is 17.7 Å². The fraction of sp³-hybridized carbons (Fsp3) is 0.364. The van der Waals surface area contributed by atoms with Crippen molar-refractivity contribution < 1.29 is 0 Å². The molecule has 1 atom stereocenters. The summed E-state index contributed by atoms with van der Waals surface area (Å²) in [4.78, 5) is 1.45. The molecule has 0 aliphatic heterocycles. The molecule has 0 bridgehead atoms. The number of hydrogen-bond donors (Lipinski definition) is 1. The Balaban J connectivity index is 2.19. The van der Waals surface area contributed by atoms with Crippen molar-refractivity contribution in [1.29, 1.82) is 0 Å². The first kappa shape index (κ1) is 13.5. The zero-order valence-electron chi connectivity index (χ0n) is 10.1. The number of nitrogens with zero attached hydrogens (tertiary/aromatic N) is 4. The molecule has 1 aromatic heterocycles. The molecule has 0 amide bonds. The van der Waals surface area contributed by atoms with Gasteiger partial charge in [-0.15, -0.1) is 10.2 Å².